The number of carbonyl (C=O) groups excluding carboxylic acids is 3. The first kappa shape index (κ1) is 19.1. The molecule has 144 valence electrons. The van der Waals surface area contributed by atoms with Crippen LogP contribution in [0.2, 0.25) is 0 Å². The minimum Gasteiger partial charge on any atom is -0.454 e. The van der Waals surface area contributed by atoms with Gasteiger partial charge >= 0.3 is 5.97 Å². The molecule has 0 radical (unpaired) electrons. The lowest BCUT2D eigenvalue weighted by Gasteiger charge is -2.29. The van der Waals surface area contributed by atoms with Crippen LogP contribution in [0, 0.1) is 15.9 Å². The molecule has 1 N–H and O–H groups in total. The van der Waals surface area contributed by atoms with Gasteiger partial charge in [0.2, 0.25) is 5.91 Å². The Kier molecular flexibility index (Phi) is 5.05. The van der Waals surface area contributed by atoms with E-state index in [0.29, 0.717) is 18.6 Å². The number of carbonyl (C=O) groups is 3. The normalized spacial score (nSPS) is 23.9. The summed E-state index contributed by atoms with van der Waals surface area (Å²) < 4.78 is 18.6. The van der Waals surface area contributed by atoms with Crippen LogP contribution >= 0.6 is 11.8 Å². The summed E-state index contributed by atoms with van der Waals surface area (Å²) in [5.41, 5.74) is -0.775. The Morgan fingerprint density at radius 2 is 2.26 bits per heavy atom. The number of nitro benzene ring substituents is 1. The van der Waals surface area contributed by atoms with Crippen LogP contribution in [0.4, 0.5) is 15.8 Å². The molecule has 3 rings (SSSR count). The molecule has 2 heterocycles. The van der Waals surface area contributed by atoms with E-state index >= 15 is 0 Å². The molecule has 0 spiro atoms. The quantitative estimate of drug-likeness (QED) is 0.456. The van der Waals surface area contributed by atoms with Crippen molar-refractivity contribution in [2.24, 2.45) is 0 Å². The molecule has 0 saturated carbocycles. The highest BCUT2D eigenvalue weighted by Crippen LogP contribution is 2.47. The Balaban J connectivity index is 1.58. The summed E-state index contributed by atoms with van der Waals surface area (Å²) in [6.07, 6.45) is 1.01. The summed E-state index contributed by atoms with van der Waals surface area (Å²) in [4.78, 5) is 47.2. The highest BCUT2D eigenvalue weighted by Gasteiger charge is 2.53. The summed E-state index contributed by atoms with van der Waals surface area (Å²) in [5.74, 6) is -2.17. The Labute approximate surface area is 157 Å². The van der Waals surface area contributed by atoms with Crippen molar-refractivity contribution in [3.05, 3.63) is 34.1 Å². The van der Waals surface area contributed by atoms with Crippen LogP contribution in [0.25, 0.3) is 0 Å². The van der Waals surface area contributed by atoms with Gasteiger partial charge in [0.1, 0.15) is 11.9 Å². The number of esters is 1. The van der Waals surface area contributed by atoms with Crippen molar-refractivity contribution in [2.45, 2.75) is 30.7 Å². The molecule has 9 nitrogen and oxygen atoms in total. The van der Waals surface area contributed by atoms with E-state index < -0.39 is 45.8 Å². The highest BCUT2D eigenvalue weighted by atomic mass is 32.2. The predicted molar refractivity (Wildman–Crippen MR) is 93.4 cm³/mol. The van der Waals surface area contributed by atoms with Gasteiger partial charge in [-0.2, -0.15) is 0 Å². The van der Waals surface area contributed by atoms with E-state index in [1.807, 2.05) is 6.92 Å². The molecule has 11 heteroatoms. The van der Waals surface area contributed by atoms with Gasteiger partial charge in [-0.15, -0.1) is 11.8 Å². The number of nitrogens with zero attached hydrogens (tertiary/aromatic N) is 2. The second-order valence-electron chi connectivity index (χ2n) is 6.34. The van der Waals surface area contributed by atoms with Crippen LogP contribution in [0.15, 0.2) is 18.2 Å². The first-order valence-electron chi connectivity index (χ1n) is 8.08. The fraction of sp³-hybridized carbons (Fsp3) is 0.438. The van der Waals surface area contributed by atoms with Gasteiger partial charge in [-0.25, -0.2) is 9.18 Å². The van der Waals surface area contributed by atoms with E-state index in [2.05, 4.69) is 5.32 Å². The Morgan fingerprint density at radius 1 is 1.52 bits per heavy atom. The first-order chi connectivity index (χ1) is 12.7. The minimum absolute atomic E-state index is 0.132. The molecule has 2 aliphatic heterocycles. The van der Waals surface area contributed by atoms with Crippen LogP contribution < -0.4 is 5.32 Å². The standard InChI is InChI=1S/C16H16FN3O6S/c1-16-5-4-14(22)19(16)12(8-27-16)15(23)26-7-13(21)18-11-6-9(20(24)25)2-3-10(11)17/h2-3,6,12H,4-5,7-8H2,1H3,(H,18,21)/t12-,16-/m0/s1. The zero-order valence-corrected chi connectivity index (χ0v) is 15.1. The molecule has 27 heavy (non-hydrogen) atoms. The maximum atomic E-state index is 13.7. The van der Waals surface area contributed by atoms with Crippen LogP contribution in [-0.4, -0.2) is 50.9 Å². The number of benzene rings is 1. The number of rotatable bonds is 5. The maximum Gasteiger partial charge on any atom is 0.330 e. The van der Waals surface area contributed by atoms with Crippen molar-refractivity contribution in [2.75, 3.05) is 17.7 Å². The molecule has 0 unspecified atom stereocenters. The fourth-order valence-electron chi connectivity index (χ4n) is 3.14. The summed E-state index contributed by atoms with van der Waals surface area (Å²) in [6, 6.07) is 1.93. The SMILES string of the molecule is C[C@]12CCC(=O)N1[C@H](C(=O)OCC(=O)Nc1cc([N+](=O)[O-])ccc1F)CS2. The fourth-order valence-corrected chi connectivity index (χ4v) is 4.55. The van der Waals surface area contributed by atoms with Crippen molar-refractivity contribution in [1.29, 1.82) is 0 Å². The average Bonchev–Trinajstić information content (AvgIpc) is 3.11. The van der Waals surface area contributed by atoms with Gasteiger partial charge in [-0.3, -0.25) is 19.7 Å². The van der Waals surface area contributed by atoms with Gasteiger partial charge in [0.15, 0.2) is 6.61 Å². The molecule has 2 aliphatic rings. The molecule has 2 atom stereocenters. The minimum atomic E-state index is -0.856. The molecule has 1 aromatic rings. The van der Waals surface area contributed by atoms with Gasteiger partial charge in [0.05, 0.1) is 15.5 Å². The topological polar surface area (TPSA) is 119 Å². The van der Waals surface area contributed by atoms with Gasteiger partial charge < -0.3 is 15.0 Å². The second kappa shape index (κ2) is 7.14. The van der Waals surface area contributed by atoms with Crippen LogP contribution in [0.5, 0.6) is 0 Å². The van der Waals surface area contributed by atoms with E-state index in [1.54, 1.807) is 0 Å². The molecule has 2 fully saturated rings. The van der Waals surface area contributed by atoms with Gasteiger partial charge in [0, 0.05) is 24.3 Å². The Morgan fingerprint density at radius 3 is 2.96 bits per heavy atom. The molecule has 0 aliphatic carbocycles. The number of hydrogen-bond donors (Lipinski definition) is 1. The maximum absolute atomic E-state index is 13.7. The lowest BCUT2D eigenvalue weighted by atomic mass is 10.2. The lowest BCUT2D eigenvalue weighted by molar-refractivity contribution is -0.384. The highest BCUT2D eigenvalue weighted by molar-refractivity contribution is 8.01. The molecule has 1 aromatic carbocycles. The summed E-state index contributed by atoms with van der Waals surface area (Å²) >= 11 is 1.49. The van der Waals surface area contributed by atoms with Crippen molar-refractivity contribution in [1.82, 2.24) is 4.90 Å². The van der Waals surface area contributed by atoms with Crippen LogP contribution in [0.3, 0.4) is 0 Å². The average molecular weight is 397 g/mol. The smallest absolute Gasteiger partial charge is 0.330 e. The van der Waals surface area contributed by atoms with Crippen molar-refractivity contribution in [3.8, 4) is 0 Å². The van der Waals surface area contributed by atoms with E-state index in [9.17, 15) is 28.9 Å². The summed E-state index contributed by atoms with van der Waals surface area (Å²) in [7, 11) is 0. The Hall–Kier alpha value is -2.69. The molecule has 0 bridgehead atoms. The monoisotopic (exact) mass is 397 g/mol. The number of ether oxygens (including phenoxy) is 1. The number of amides is 2. The zero-order chi connectivity index (χ0) is 19.8. The van der Waals surface area contributed by atoms with Gasteiger partial charge in [0.25, 0.3) is 11.6 Å². The number of nitrogens with one attached hydrogen (secondary N) is 1. The van der Waals surface area contributed by atoms with Crippen molar-refractivity contribution in [3.63, 3.8) is 0 Å². The number of non-ortho nitro benzene ring substituents is 1. The van der Waals surface area contributed by atoms with Gasteiger partial charge in [-0.1, -0.05) is 0 Å². The second-order valence-corrected chi connectivity index (χ2v) is 7.84. The summed E-state index contributed by atoms with van der Waals surface area (Å²) in [5, 5.41) is 12.9. The number of hydrogen-bond acceptors (Lipinski definition) is 7. The summed E-state index contributed by atoms with van der Waals surface area (Å²) in [6.45, 7) is 1.19. The third-order valence-electron chi connectivity index (χ3n) is 4.50. The molecule has 2 saturated heterocycles. The third kappa shape index (κ3) is 3.72. The number of halogens is 1. The van der Waals surface area contributed by atoms with Crippen molar-refractivity contribution >= 4 is 40.9 Å². The molecule has 0 aromatic heterocycles. The van der Waals surface area contributed by atoms with Crippen molar-refractivity contribution < 1.29 is 28.4 Å². The number of fused-ring (bicyclic) bond motifs is 1. The number of anilines is 1. The lowest BCUT2D eigenvalue weighted by Crippen LogP contribution is -2.47. The van der Waals surface area contributed by atoms with Gasteiger partial charge in [-0.05, 0) is 19.4 Å². The van der Waals surface area contributed by atoms with Crippen LogP contribution in [0.1, 0.15) is 19.8 Å². The van der Waals surface area contributed by atoms with E-state index in [4.69, 9.17) is 4.74 Å². The first-order valence-corrected chi connectivity index (χ1v) is 9.06. The van der Waals surface area contributed by atoms with Crippen LogP contribution in [-0.2, 0) is 19.1 Å². The molecule has 2 amide bonds. The molecular weight excluding hydrogens is 381 g/mol. The number of thioether (sulfide) groups is 1. The number of nitro groups is 1. The largest absolute Gasteiger partial charge is 0.454 e. The zero-order valence-electron chi connectivity index (χ0n) is 14.3. The predicted octanol–water partition coefficient (Wildman–Crippen LogP) is 1.67. The van der Waals surface area contributed by atoms with E-state index in [1.165, 1.54) is 16.7 Å². The van der Waals surface area contributed by atoms with E-state index in [-0.39, 0.29) is 11.6 Å². The third-order valence-corrected chi connectivity index (χ3v) is 6.00. The molecular formula is C16H16FN3O6S. The Bertz CT molecular complexity index is 834. The van der Waals surface area contributed by atoms with E-state index in [0.717, 1.165) is 18.2 Å².